The summed E-state index contributed by atoms with van der Waals surface area (Å²) in [5.74, 6) is 0. The van der Waals surface area contributed by atoms with Gasteiger partial charge in [-0.3, -0.25) is 4.72 Å². The Morgan fingerprint density at radius 1 is 0.933 bits per heavy atom. The Labute approximate surface area is 180 Å². The summed E-state index contributed by atoms with van der Waals surface area (Å²) in [6.07, 6.45) is 0. The van der Waals surface area contributed by atoms with Crippen LogP contribution in [0.1, 0.15) is 5.69 Å². The molecule has 1 N–H and O–H groups in total. The third-order valence-electron chi connectivity index (χ3n) is 4.35. The zero-order valence-electron chi connectivity index (χ0n) is 16.7. The van der Waals surface area contributed by atoms with Crippen molar-refractivity contribution < 1.29 is 16.8 Å². The van der Waals surface area contributed by atoms with Crippen LogP contribution in [0.25, 0.3) is 0 Å². The Hall–Kier alpha value is -2.47. The standard InChI is InChI=1S/C19H22N4O4S3/c1-22(2)30(26,27)17-10-8-16(9-11-17)29(24,25)21-18-6-4-5-7-19(18)23(3)12-15-13-28-14-20-15/h4-11,13-14,21H,12H2,1-3H3. The maximum atomic E-state index is 12.9. The van der Waals surface area contributed by atoms with Crippen LogP contribution in [-0.2, 0) is 26.6 Å². The minimum Gasteiger partial charge on any atom is -0.367 e. The number of sulfonamides is 2. The summed E-state index contributed by atoms with van der Waals surface area (Å²) in [5, 5.41) is 1.94. The molecule has 0 amide bonds. The third kappa shape index (κ3) is 4.81. The Kier molecular flexibility index (Phi) is 6.46. The second kappa shape index (κ2) is 8.72. The van der Waals surface area contributed by atoms with E-state index in [2.05, 4.69) is 9.71 Å². The van der Waals surface area contributed by atoms with E-state index in [4.69, 9.17) is 0 Å². The number of thiazole rings is 1. The number of rotatable bonds is 8. The van der Waals surface area contributed by atoms with E-state index >= 15 is 0 Å². The van der Waals surface area contributed by atoms with Crippen molar-refractivity contribution in [3.63, 3.8) is 0 Å². The predicted molar refractivity (Wildman–Crippen MR) is 119 cm³/mol. The summed E-state index contributed by atoms with van der Waals surface area (Å²) in [6, 6.07) is 12.2. The van der Waals surface area contributed by atoms with Crippen molar-refractivity contribution >= 4 is 42.8 Å². The number of nitrogens with one attached hydrogen (secondary N) is 1. The molecule has 8 nitrogen and oxygen atoms in total. The SMILES string of the molecule is CN(Cc1cscn1)c1ccccc1NS(=O)(=O)c1ccc(S(=O)(=O)N(C)C)cc1. The van der Waals surface area contributed by atoms with E-state index in [-0.39, 0.29) is 9.79 Å². The van der Waals surface area contributed by atoms with Crippen LogP contribution >= 0.6 is 11.3 Å². The van der Waals surface area contributed by atoms with Gasteiger partial charge in [0.25, 0.3) is 10.0 Å². The lowest BCUT2D eigenvalue weighted by Crippen LogP contribution is -2.22. The van der Waals surface area contributed by atoms with Crippen LogP contribution in [-0.4, -0.2) is 47.3 Å². The van der Waals surface area contributed by atoms with Gasteiger partial charge in [0.05, 0.1) is 38.9 Å². The molecule has 0 fully saturated rings. The quantitative estimate of drug-likeness (QED) is 0.548. The van der Waals surface area contributed by atoms with E-state index in [1.807, 2.05) is 29.5 Å². The van der Waals surface area contributed by atoms with Crippen LogP contribution in [0.5, 0.6) is 0 Å². The minimum absolute atomic E-state index is 0.0230. The largest absolute Gasteiger partial charge is 0.367 e. The molecule has 3 aromatic rings. The Balaban J connectivity index is 1.85. The lowest BCUT2D eigenvalue weighted by molar-refractivity contribution is 0.520. The molecule has 0 aliphatic rings. The maximum absolute atomic E-state index is 12.9. The van der Waals surface area contributed by atoms with Crippen molar-refractivity contribution in [2.24, 2.45) is 0 Å². The lowest BCUT2D eigenvalue weighted by Gasteiger charge is -2.22. The zero-order valence-corrected chi connectivity index (χ0v) is 19.1. The summed E-state index contributed by atoms with van der Waals surface area (Å²) >= 11 is 1.50. The Morgan fingerprint density at radius 3 is 2.17 bits per heavy atom. The molecule has 2 aromatic carbocycles. The predicted octanol–water partition coefficient (Wildman–Crippen LogP) is 2.83. The number of hydrogen-bond donors (Lipinski definition) is 1. The van der Waals surface area contributed by atoms with Gasteiger partial charge in [-0.15, -0.1) is 11.3 Å². The molecule has 0 radical (unpaired) electrons. The first-order valence-corrected chi connectivity index (χ1v) is 12.7. The fraction of sp³-hybridized carbons (Fsp3) is 0.211. The maximum Gasteiger partial charge on any atom is 0.261 e. The van der Waals surface area contributed by atoms with E-state index in [0.717, 1.165) is 10.00 Å². The van der Waals surface area contributed by atoms with Gasteiger partial charge >= 0.3 is 0 Å². The normalized spacial score (nSPS) is 12.1. The molecule has 30 heavy (non-hydrogen) atoms. The number of benzene rings is 2. The summed E-state index contributed by atoms with van der Waals surface area (Å²) in [6.45, 7) is 0.527. The molecule has 3 rings (SSSR count). The molecule has 0 atom stereocenters. The van der Waals surface area contributed by atoms with Crippen molar-refractivity contribution in [2.75, 3.05) is 30.8 Å². The van der Waals surface area contributed by atoms with Gasteiger partial charge in [0.1, 0.15) is 0 Å². The molecular weight excluding hydrogens is 444 g/mol. The molecule has 0 unspecified atom stereocenters. The highest BCUT2D eigenvalue weighted by Crippen LogP contribution is 2.28. The van der Waals surface area contributed by atoms with Crippen molar-refractivity contribution in [3.8, 4) is 0 Å². The summed E-state index contributed by atoms with van der Waals surface area (Å²) in [5.41, 5.74) is 3.75. The average Bonchev–Trinajstić information content (AvgIpc) is 3.21. The second-order valence-corrected chi connectivity index (χ2v) is 11.3. The first-order chi connectivity index (χ1) is 14.1. The van der Waals surface area contributed by atoms with E-state index in [1.54, 1.807) is 17.6 Å². The van der Waals surface area contributed by atoms with Gasteiger partial charge in [-0.05, 0) is 36.4 Å². The van der Waals surface area contributed by atoms with E-state index < -0.39 is 20.0 Å². The Morgan fingerprint density at radius 2 is 1.57 bits per heavy atom. The van der Waals surface area contributed by atoms with Gasteiger partial charge in [-0.1, -0.05) is 12.1 Å². The van der Waals surface area contributed by atoms with Crippen molar-refractivity contribution in [1.29, 1.82) is 0 Å². The van der Waals surface area contributed by atoms with Crippen LogP contribution in [0.2, 0.25) is 0 Å². The molecule has 11 heteroatoms. The van der Waals surface area contributed by atoms with Crippen molar-refractivity contribution in [2.45, 2.75) is 16.3 Å². The molecular formula is C19H22N4O4S3. The molecule has 0 bridgehead atoms. The van der Waals surface area contributed by atoms with Crippen LogP contribution in [0.15, 0.2) is 69.2 Å². The van der Waals surface area contributed by atoms with Crippen LogP contribution < -0.4 is 9.62 Å². The lowest BCUT2D eigenvalue weighted by atomic mass is 10.2. The van der Waals surface area contributed by atoms with Crippen LogP contribution in [0.4, 0.5) is 11.4 Å². The molecule has 160 valence electrons. The van der Waals surface area contributed by atoms with Gasteiger partial charge < -0.3 is 4.90 Å². The summed E-state index contributed by atoms with van der Waals surface area (Å²) in [4.78, 5) is 6.15. The highest BCUT2D eigenvalue weighted by Gasteiger charge is 2.21. The van der Waals surface area contributed by atoms with Gasteiger partial charge in [0.2, 0.25) is 10.0 Å². The molecule has 0 spiro atoms. The molecule has 0 aliphatic carbocycles. The van der Waals surface area contributed by atoms with Crippen LogP contribution in [0, 0.1) is 0 Å². The highest BCUT2D eigenvalue weighted by molar-refractivity contribution is 7.92. The first-order valence-electron chi connectivity index (χ1n) is 8.84. The van der Waals surface area contributed by atoms with E-state index in [0.29, 0.717) is 17.9 Å². The van der Waals surface area contributed by atoms with Crippen LogP contribution in [0.3, 0.4) is 0 Å². The number of anilines is 2. The molecule has 1 heterocycles. The minimum atomic E-state index is -3.91. The van der Waals surface area contributed by atoms with E-state index in [9.17, 15) is 16.8 Å². The number of para-hydroxylation sites is 2. The monoisotopic (exact) mass is 466 g/mol. The van der Waals surface area contributed by atoms with E-state index in [1.165, 1.54) is 49.7 Å². The van der Waals surface area contributed by atoms with Gasteiger partial charge in [-0.2, -0.15) is 0 Å². The second-order valence-electron chi connectivity index (χ2n) is 6.72. The average molecular weight is 467 g/mol. The smallest absolute Gasteiger partial charge is 0.261 e. The van der Waals surface area contributed by atoms with Gasteiger partial charge in [0.15, 0.2) is 0 Å². The zero-order chi connectivity index (χ0) is 21.9. The third-order valence-corrected chi connectivity index (χ3v) is 8.20. The first kappa shape index (κ1) is 22.2. The molecule has 0 aliphatic heterocycles. The van der Waals surface area contributed by atoms with Gasteiger partial charge in [0, 0.05) is 26.5 Å². The fourth-order valence-electron chi connectivity index (χ4n) is 2.74. The highest BCUT2D eigenvalue weighted by atomic mass is 32.2. The molecule has 0 saturated heterocycles. The number of nitrogens with zero attached hydrogens (tertiary/aromatic N) is 3. The number of hydrogen-bond acceptors (Lipinski definition) is 7. The number of aromatic nitrogens is 1. The summed E-state index contributed by atoms with van der Waals surface area (Å²) in [7, 11) is -2.86. The van der Waals surface area contributed by atoms with Crippen molar-refractivity contribution in [1.82, 2.24) is 9.29 Å². The van der Waals surface area contributed by atoms with Crippen molar-refractivity contribution in [3.05, 3.63) is 65.1 Å². The fourth-order valence-corrected chi connectivity index (χ4v) is 5.27. The molecule has 0 saturated carbocycles. The van der Waals surface area contributed by atoms with Gasteiger partial charge in [-0.25, -0.2) is 26.1 Å². The molecule has 1 aromatic heterocycles. The Bertz CT molecular complexity index is 1210. The summed E-state index contributed by atoms with van der Waals surface area (Å²) < 4.78 is 53.8. The topological polar surface area (TPSA) is 99.7 Å².